The number of likely N-dealkylation sites (tertiary alicyclic amines) is 1. The van der Waals surface area contributed by atoms with Crippen molar-refractivity contribution in [1.29, 1.82) is 0 Å². The van der Waals surface area contributed by atoms with E-state index < -0.39 is 0 Å². The van der Waals surface area contributed by atoms with Gasteiger partial charge in [0.2, 0.25) is 5.91 Å². The van der Waals surface area contributed by atoms with Crippen molar-refractivity contribution in [2.75, 3.05) is 19.6 Å². The van der Waals surface area contributed by atoms with Crippen LogP contribution in [-0.2, 0) is 11.2 Å². The van der Waals surface area contributed by atoms with Gasteiger partial charge in [-0.25, -0.2) is 0 Å². The van der Waals surface area contributed by atoms with Crippen molar-refractivity contribution in [3.05, 3.63) is 29.8 Å². The SMILES string of the molecule is CCCN1CCC(NC(=O)[C@@H]2Cc3ccccc3S2)CC1. The van der Waals surface area contributed by atoms with E-state index in [0.29, 0.717) is 6.04 Å². The van der Waals surface area contributed by atoms with E-state index >= 15 is 0 Å². The number of fused-ring (bicyclic) bond motifs is 1. The van der Waals surface area contributed by atoms with Crippen molar-refractivity contribution in [3.63, 3.8) is 0 Å². The molecule has 1 amide bonds. The van der Waals surface area contributed by atoms with E-state index in [-0.39, 0.29) is 11.2 Å². The van der Waals surface area contributed by atoms with Crippen LogP contribution in [-0.4, -0.2) is 41.7 Å². The molecule has 2 heterocycles. The van der Waals surface area contributed by atoms with E-state index in [1.807, 2.05) is 0 Å². The Morgan fingerprint density at radius 2 is 2.10 bits per heavy atom. The molecular weight excluding hydrogens is 280 g/mol. The average Bonchev–Trinajstić information content (AvgIpc) is 2.94. The maximum absolute atomic E-state index is 12.4. The molecule has 0 aromatic heterocycles. The van der Waals surface area contributed by atoms with Crippen molar-refractivity contribution >= 4 is 17.7 Å². The number of carbonyl (C=O) groups excluding carboxylic acids is 1. The van der Waals surface area contributed by atoms with Crippen LogP contribution >= 0.6 is 11.8 Å². The fraction of sp³-hybridized carbons (Fsp3) is 0.588. The quantitative estimate of drug-likeness (QED) is 0.928. The zero-order valence-corrected chi connectivity index (χ0v) is 13.5. The summed E-state index contributed by atoms with van der Waals surface area (Å²) in [6.45, 7) is 5.66. The molecule has 0 saturated carbocycles. The second-order valence-electron chi connectivity index (χ2n) is 6.04. The predicted molar refractivity (Wildman–Crippen MR) is 87.7 cm³/mol. The van der Waals surface area contributed by atoms with Gasteiger partial charge in [-0.2, -0.15) is 0 Å². The lowest BCUT2D eigenvalue weighted by Gasteiger charge is -2.32. The molecule has 0 bridgehead atoms. The van der Waals surface area contributed by atoms with Gasteiger partial charge < -0.3 is 10.2 Å². The van der Waals surface area contributed by atoms with Crippen LogP contribution in [0.15, 0.2) is 29.2 Å². The number of carbonyl (C=O) groups is 1. The average molecular weight is 304 g/mol. The summed E-state index contributed by atoms with van der Waals surface area (Å²) in [5, 5.41) is 3.34. The lowest BCUT2D eigenvalue weighted by atomic mass is 10.0. The highest BCUT2D eigenvalue weighted by Gasteiger charge is 2.30. The zero-order valence-electron chi connectivity index (χ0n) is 12.7. The zero-order chi connectivity index (χ0) is 14.7. The highest BCUT2D eigenvalue weighted by atomic mass is 32.2. The van der Waals surface area contributed by atoms with E-state index in [9.17, 15) is 4.79 Å². The Morgan fingerprint density at radius 3 is 2.81 bits per heavy atom. The van der Waals surface area contributed by atoms with Gasteiger partial charge in [-0.15, -0.1) is 11.8 Å². The van der Waals surface area contributed by atoms with Gasteiger partial charge in [0.1, 0.15) is 0 Å². The Balaban J connectivity index is 1.48. The summed E-state index contributed by atoms with van der Waals surface area (Å²) in [4.78, 5) is 16.2. The van der Waals surface area contributed by atoms with E-state index in [1.165, 1.54) is 23.4 Å². The van der Waals surface area contributed by atoms with Crippen LogP contribution in [0.4, 0.5) is 0 Å². The molecule has 2 aliphatic heterocycles. The first-order valence-electron chi connectivity index (χ1n) is 8.03. The largest absolute Gasteiger partial charge is 0.352 e. The molecule has 1 aromatic carbocycles. The van der Waals surface area contributed by atoms with Crippen molar-refractivity contribution in [1.82, 2.24) is 10.2 Å². The molecule has 3 nitrogen and oxygen atoms in total. The lowest BCUT2D eigenvalue weighted by Crippen LogP contribution is -2.47. The fourth-order valence-corrected chi connectivity index (χ4v) is 4.44. The number of thioether (sulfide) groups is 1. The van der Waals surface area contributed by atoms with Gasteiger partial charge >= 0.3 is 0 Å². The van der Waals surface area contributed by atoms with Crippen LogP contribution < -0.4 is 5.32 Å². The number of nitrogens with zero attached hydrogens (tertiary/aromatic N) is 1. The second-order valence-corrected chi connectivity index (χ2v) is 7.29. The summed E-state index contributed by atoms with van der Waals surface area (Å²) in [5.74, 6) is 0.227. The molecule has 1 atom stereocenters. The molecule has 1 saturated heterocycles. The van der Waals surface area contributed by atoms with E-state index in [2.05, 4.69) is 41.4 Å². The Kier molecular flexibility index (Phi) is 4.86. The number of hydrogen-bond acceptors (Lipinski definition) is 3. The van der Waals surface area contributed by atoms with Crippen LogP contribution in [0.2, 0.25) is 0 Å². The number of rotatable bonds is 4. The normalized spacial score (nSPS) is 23.0. The van der Waals surface area contributed by atoms with Gasteiger partial charge in [-0.1, -0.05) is 25.1 Å². The maximum atomic E-state index is 12.4. The van der Waals surface area contributed by atoms with E-state index in [4.69, 9.17) is 0 Å². The van der Waals surface area contributed by atoms with E-state index in [0.717, 1.165) is 32.4 Å². The van der Waals surface area contributed by atoms with Gasteiger partial charge in [-0.05, 0) is 43.9 Å². The minimum absolute atomic E-state index is 0.0658. The highest BCUT2D eigenvalue weighted by Crippen LogP contribution is 2.36. The summed E-state index contributed by atoms with van der Waals surface area (Å²) >= 11 is 1.72. The van der Waals surface area contributed by atoms with Crippen molar-refractivity contribution in [3.8, 4) is 0 Å². The molecule has 0 radical (unpaired) electrons. The molecule has 1 N–H and O–H groups in total. The maximum Gasteiger partial charge on any atom is 0.234 e. The number of amides is 1. The third kappa shape index (κ3) is 3.61. The first-order chi connectivity index (χ1) is 10.3. The Labute approximate surface area is 131 Å². The Hall–Kier alpha value is -1.00. The van der Waals surface area contributed by atoms with Crippen molar-refractivity contribution in [2.24, 2.45) is 0 Å². The molecule has 0 aliphatic carbocycles. The Bertz CT molecular complexity index is 472. The fourth-order valence-electron chi connectivity index (χ4n) is 3.24. The number of hydrogen-bond donors (Lipinski definition) is 1. The molecule has 0 unspecified atom stereocenters. The van der Waals surface area contributed by atoms with Crippen LogP contribution in [0.5, 0.6) is 0 Å². The molecule has 114 valence electrons. The first-order valence-corrected chi connectivity index (χ1v) is 8.91. The lowest BCUT2D eigenvalue weighted by molar-refractivity contribution is -0.121. The standard InChI is InChI=1S/C17H24N2OS/c1-2-9-19-10-7-14(8-11-19)18-17(20)16-12-13-5-3-4-6-15(13)21-16/h3-6,14,16H,2,7-12H2,1H3,(H,18,20)/t16-/m0/s1. The summed E-state index contributed by atoms with van der Waals surface area (Å²) in [6, 6.07) is 8.74. The third-order valence-electron chi connectivity index (χ3n) is 4.41. The molecule has 2 aliphatic rings. The van der Waals surface area contributed by atoms with Gasteiger partial charge in [0, 0.05) is 24.0 Å². The highest BCUT2D eigenvalue weighted by molar-refractivity contribution is 8.01. The molecule has 4 heteroatoms. The van der Waals surface area contributed by atoms with Crippen LogP contribution in [0.3, 0.4) is 0 Å². The summed E-state index contributed by atoms with van der Waals surface area (Å²) in [6.07, 6.45) is 4.28. The molecule has 1 fully saturated rings. The molecule has 3 rings (SSSR count). The van der Waals surface area contributed by atoms with Crippen LogP contribution in [0, 0.1) is 0 Å². The van der Waals surface area contributed by atoms with Gasteiger partial charge in [-0.3, -0.25) is 4.79 Å². The Morgan fingerprint density at radius 1 is 1.33 bits per heavy atom. The van der Waals surface area contributed by atoms with Crippen molar-refractivity contribution < 1.29 is 4.79 Å². The summed E-state index contributed by atoms with van der Waals surface area (Å²) in [5.41, 5.74) is 1.32. The monoisotopic (exact) mass is 304 g/mol. The van der Waals surface area contributed by atoms with Crippen LogP contribution in [0.1, 0.15) is 31.7 Å². The number of piperidine rings is 1. The molecule has 21 heavy (non-hydrogen) atoms. The minimum atomic E-state index is 0.0658. The smallest absolute Gasteiger partial charge is 0.234 e. The number of benzene rings is 1. The molecule has 0 spiro atoms. The van der Waals surface area contributed by atoms with Gasteiger partial charge in [0.15, 0.2) is 0 Å². The van der Waals surface area contributed by atoms with Gasteiger partial charge in [0.25, 0.3) is 0 Å². The molecular formula is C17H24N2OS. The summed E-state index contributed by atoms with van der Waals surface area (Å²) < 4.78 is 0. The van der Waals surface area contributed by atoms with Crippen molar-refractivity contribution in [2.45, 2.75) is 48.8 Å². The predicted octanol–water partition coefficient (Wildman–Crippen LogP) is 2.69. The summed E-state index contributed by atoms with van der Waals surface area (Å²) in [7, 11) is 0. The molecule has 1 aromatic rings. The van der Waals surface area contributed by atoms with Crippen LogP contribution in [0.25, 0.3) is 0 Å². The number of nitrogens with one attached hydrogen (secondary N) is 1. The topological polar surface area (TPSA) is 32.3 Å². The van der Waals surface area contributed by atoms with Gasteiger partial charge in [0.05, 0.1) is 5.25 Å². The second kappa shape index (κ2) is 6.84. The minimum Gasteiger partial charge on any atom is -0.352 e. The van der Waals surface area contributed by atoms with E-state index in [1.54, 1.807) is 11.8 Å². The first kappa shape index (κ1) is 14.9. The third-order valence-corrected chi connectivity index (χ3v) is 5.73.